The van der Waals surface area contributed by atoms with Crippen LogP contribution in [0.1, 0.15) is 11.1 Å². The molecule has 0 fully saturated rings. The highest BCUT2D eigenvalue weighted by molar-refractivity contribution is 9.10. The summed E-state index contributed by atoms with van der Waals surface area (Å²) in [7, 11) is 0. The third-order valence-electron chi connectivity index (χ3n) is 3.52. The van der Waals surface area contributed by atoms with Gasteiger partial charge in [0, 0.05) is 10.0 Å². The maximum Gasteiger partial charge on any atom is 0.148 e. The first-order chi connectivity index (χ1) is 10.6. The Hall–Kier alpha value is -2.18. The zero-order valence-electron chi connectivity index (χ0n) is 11.9. The summed E-state index contributed by atoms with van der Waals surface area (Å²) in [6, 6.07) is 15.5. The molecule has 0 radical (unpaired) electrons. The second kappa shape index (κ2) is 5.90. The standard InChI is InChI=1S/C16H15BrN4O/c1-10-2-4-11(5-3-10)14-15(20-22)16(18)21(19-14)13-8-6-12(17)7-9-13/h2-9,16,22H,18H2,1H3/b20-15+. The number of rotatable bonds is 2. The lowest BCUT2D eigenvalue weighted by Crippen LogP contribution is -2.42. The molecular weight excluding hydrogens is 344 g/mol. The molecule has 3 N–H and O–H groups in total. The van der Waals surface area contributed by atoms with E-state index in [1.165, 1.54) is 0 Å². The highest BCUT2D eigenvalue weighted by Gasteiger charge is 2.33. The Labute approximate surface area is 136 Å². The van der Waals surface area contributed by atoms with E-state index in [-0.39, 0.29) is 0 Å². The summed E-state index contributed by atoms with van der Waals surface area (Å²) in [4.78, 5) is 0. The Kier molecular flexibility index (Phi) is 3.96. The van der Waals surface area contributed by atoms with Crippen molar-refractivity contribution < 1.29 is 5.21 Å². The SMILES string of the molecule is Cc1ccc(C2=NN(c3ccc(Br)cc3)C(N)/C2=N/O)cc1. The quantitative estimate of drug-likeness (QED) is 0.639. The molecule has 1 atom stereocenters. The molecule has 1 unspecified atom stereocenters. The van der Waals surface area contributed by atoms with Gasteiger partial charge in [0.15, 0.2) is 0 Å². The van der Waals surface area contributed by atoms with Crippen molar-refractivity contribution in [3.05, 3.63) is 64.1 Å². The zero-order valence-corrected chi connectivity index (χ0v) is 13.5. The summed E-state index contributed by atoms with van der Waals surface area (Å²) in [6.07, 6.45) is -0.623. The summed E-state index contributed by atoms with van der Waals surface area (Å²) >= 11 is 3.40. The number of aryl methyl sites for hydroxylation is 1. The van der Waals surface area contributed by atoms with Gasteiger partial charge < -0.3 is 10.9 Å². The maximum atomic E-state index is 9.32. The Balaban J connectivity index is 2.03. The molecule has 112 valence electrons. The predicted molar refractivity (Wildman–Crippen MR) is 91.5 cm³/mol. The Morgan fingerprint density at radius 2 is 1.77 bits per heavy atom. The fourth-order valence-electron chi connectivity index (χ4n) is 2.31. The van der Waals surface area contributed by atoms with Gasteiger partial charge in [0.1, 0.15) is 17.6 Å². The van der Waals surface area contributed by atoms with Crippen molar-refractivity contribution in [3.63, 3.8) is 0 Å². The van der Waals surface area contributed by atoms with Gasteiger partial charge in [-0.15, -0.1) is 0 Å². The van der Waals surface area contributed by atoms with Crippen LogP contribution in [-0.2, 0) is 0 Å². The Morgan fingerprint density at radius 1 is 1.14 bits per heavy atom. The van der Waals surface area contributed by atoms with Gasteiger partial charge in [0.2, 0.25) is 0 Å². The average molecular weight is 359 g/mol. The second-order valence-corrected chi connectivity index (χ2v) is 5.98. The van der Waals surface area contributed by atoms with E-state index in [0.717, 1.165) is 21.3 Å². The van der Waals surface area contributed by atoms with E-state index in [0.29, 0.717) is 11.4 Å². The van der Waals surface area contributed by atoms with Gasteiger partial charge in [-0.1, -0.05) is 50.9 Å². The molecule has 0 aromatic heterocycles. The van der Waals surface area contributed by atoms with Gasteiger partial charge in [0.25, 0.3) is 0 Å². The lowest BCUT2D eigenvalue weighted by molar-refractivity contribution is 0.318. The highest BCUT2D eigenvalue weighted by atomic mass is 79.9. The lowest BCUT2D eigenvalue weighted by Gasteiger charge is -2.19. The van der Waals surface area contributed by atoms with Crippen molar-refractivity contribution in [2.75, 3.05) is 5.01 Å². The number of nitrogens with two attached hydrogens (primary N) is 1. The maximum absolute atomic E-state index is 9.32. The van der Waals surface area contributed by atoms with Gasteiger partial charge in [-0.25, -0.2) is 5.01 Å². The predicted octanol–water partition coefficient (Wildman–Crippen LogP) is 3.10. The van der Waals surface area contributed by atoms with Gasteiger partial charge >= 0.3 is 0 Å². The van der Waals surface area contributed by atoms with Crippen molar-refractivity contribution in [2.45, 2.75) is 13.1 Å². The van der Waals surface area contributed by atoms with Crippen LogP contribution in [0.3, 0.4) is 0 Å². The molecule has 0 bridgehead atoms. The van der Waals surface area contributed by atoms with Gasteiger partial charge in [-0.05, 0) is 31.2 Å². The van der Waals surface area contributed by atoms with E-state index in [4.69, 9.17) is 5.73 Å². The monoisotopic (exact) mass is 358 g/mol. The number of nitrogens with zero attached hydrogens (tertiary/aromatic N) is 3. The van der Waals surface area contributed by atoms with E-state index in [2.05, 4.69) is 26.2 Å². The van der Waals surface area contributed by atoms with Crippen LogP contribution in [0, 0.1) is 6.92 Å². The minimum Gasteiger partial charge on any atom is -0.410 e. The number of oxime groups is 1. The van der Waals surface area contributed by atoms with Gasteiger partial charge in [0.05, 0.1) is 5.69 Å². The first-order valence-electron chi connectivity index (χ1n) is 6.78. The zero-order chi connectivity index (χ0) is 15.7. The molecule has 1 heterocycles. The third-order valence-corrected chi connectivity index (χ3v) is 4.05. The number of halogens is 1. The van der Waals surface area contributed by atoms with Crippen LogP contribution < -0.4 is 10.7 Å². The minimum absolute atomic E-state index is 0.353. The van der Waals surface area contributed by atoms with Crippen LogP contribution in [0.15, 0.2) is 63.3 Å². The lowest BCUT2D eigenvalue weighted by atomic mass is 10.0. The first kappa shape index (κ1) is 14.7. The molecule has 0 saturated carbocycles. The second-order valence-electron chi connectivity index (χ2n) is 5.07. The van der Waals surface area contributed by atoms with Crippen LogP contribution >= 0.6 is 15.9 Å². The molecule has 0 aliphatic carbocycles. The van der Waals surface area contributed by atoms with E-state index >= 15 is 0 Å². The molecule has 0 spiro atoms. The highest BCUT2D eigenvalue weighted by Crippen LogP contribution is 2.25. The molecule has 0 amide bonds. The number of benzene rings is 2. The minimum atomic E-state index is -0.623. The van der Waals surface area contributed by atoms with Gasteiger partial charge in [-0.2, -0.15) is 5.10 Å². The van der Waals surface area contributed by atoms with E-state index in [9.17, 15) is 5.21 Å². The molecule has 2 aromatic rings. The van der Waals surface area contributed by atoms with Crippen LogP contribution in [0.25, 0.3) is 0 Å². The molecule has 22 heavy (non-hydrogen) atoms. The Morgan fingerprint density at radius 3 is 2.36 bits per heavy atom. The smallest absolute Gasteiger partial charge is 0.148 e. The van der Waals surface area contributed by atoms with Crippen molar-refractivity contribution >= 4 is 33.0 Å². The van der Waals surface area contributed by atoms with E-state index < -0.39 is 6.17 Å². The van der Waals surface area contributed by atoms with Crippen LogP contribution in [-0.4, -0.2) is 22.8 Å². The molecule has 3 rings (SSSR count). The number of anilines is 1. The largest absolute Gasteiger partial charge is 0.410 e. The molecule has 2 aromatic carbocycles. The first-order valence-corrected chi connectivity index (χ1v) is 7.58. The summed E-state index contributed by atoms with van der Waals surface area (Å²) in [5.74, 6) is 0. The van der Waals surface area contributed by atoms with E-state index in [1.807, 2.05) is 55.5 Å². The van der Waals surface area contributed by atoms with Crippen LogP contribution in [0.5, 0.6) is 0 Å². The fraction of sp³-hybridized carbons (Fsp3) is 0.125. The van der Waals surface area contributed by atoms with Crippen LogP contribution in [0.4, 0.5) is 5.69 Å². The normalized spacial score (nSPS) is 19.6. The molecular formula is C16H15BrN4O. The summed E-state index contributed by atoms with van der Waals surface area (Å²) in [6.45, 7) is 2.02. The summed E-state index contributed by atoms with van der Waals surface area (Å²) < 4.78 is 0.975. The third kappa shape index (κ3) is 2.63. The molecule has 0 saturated heterocycles. The van der Waals surface area contributed by atoms with Crippen molar-refractivity contribution in [1.29, 1.82) is 0 Å². The van der Waals surface area contributed by atoms with E-state index in [1.54, 1.807) is 5.01 Å². The Bertz CT molecular complexity index is 738. The van der Waals surface area contributed by atoms with Crippen molar-refractivity contribution in [1.82, 2.24) is 0 Å². The average Bonchev–Trinajstić information content (AvgIpc) is 2.85. The van der Waals surface area contributed by atoms with Crippen LogP contribution in [0.2, 0.25) is 0 Å². The topological polar surface area (TPSA) is 74.2 Å². The number of hydrazone groups is 1. The molecule has 5 nitrogen and oxygen atoms in total. The van der Waals surface area contributed by atoms with Gasteiger partial charge in [-0.3, -0.25) is 0 Å². The fourth-order valence-corrected chi connectivity index (χ4v) is 2.58. The number of hydrogen-bond acceptors (Lipinski definition) is 5. The summed E-state index contributed by atoms with van der Waals surface area (Å²) in [5.41, 5.74) is 9.96. The molecule has 1 aliphatic rings. The van der Waals surface area contributed by atoms with Crippen molar-refractivity contribution in [2.24, 2.45) is 16.0 Å². The van der Waals surface area contributed by atoms with Crippen molar-refractivity contribution in [3.8, 4) is 0 Å². The molecule has 6 heteroatoms. The molecule has 1 aliphatic heterocycles. The summed E-state index contributed by atoms with van der Waals surface area (Å²) in [5, 5.41) is 18.9. The number of hydrogen-bond donors (Lipinski definition) is 2.